The van der Waals surface area contributed by atoms with Crippen LogP contribution in [0.2, 0.25) is 0 Å². The second kappa shape index (κ2) is 11.1. The van der Waals surface area contributed by atoms with E-state index in [1.165, 1.54) is 0 Å². The summed E-state index contributed by atoms with van der Waals surface area (Å²) < 4.78 is 18.2. The molecule has 0 saturated heterocycles. The van der Waals surface area contributed by atoms with E-state index < -0.39 is 0 Å². The van der Waals surface area contributed by atoms with Crippen LogP contribution in [0, 0.1) is 10.8 Å². The minimum Gasteiger partial charge on any atom is -0.457 e. The van der Waals surface area contributed by atoms with Gasteiger partial charge in [-0.05, 0) is 82.6 Å². The van der Waals surface area contributed by atoms with Gasteiger partial charge in [-0.3, -0.25) is 5.41 Å². The molecule has 0 spiro atoms. The molecule has 0 radical (unpaired) electrons. The van der Waals surface area contributed by atoms with E-state index in [0.29, 0.717) is 34.1 Å². The Bertz CT molecular complexity index is 2260. The average Bonchev–Trinajstić information content (AvgIpc) is 3.56. The maximum atomic E-state index is 9.07. The molecule has 0 fully saturated rings. The second-order valence-corrected chi connectivity index (χ2v) is 14.0. The molecule has 0 saturated carbocycles. The molecule has 1 aliphatic heterocycles. The Morgan fingerprint density at radius 3 is 2.19 bits per heavy atom. The number of ether oxygens (including phenoxy) is 2. The fourth-order valence-electron chi connectivity index (χ4n) is 5.73. The second-order valence-electron chi connectivity index (χ2n) is 14.0. The van der Waals surface area contributed by atoms with Crippen LogP contribution in [0.15, 0.2) is 101 Å². The van der Waals surface area contributed by atoms with Crippen LogP contribution in [0.1, 0.15) is 63.8 Å². The third kappa shape index (κ3) is 5.81. The lowest BCUT2D eigenvalue weighted by Crippen LogP contribution is -2.13. The first-order valence-electron chi connectivity index (χ1n) is 15.6. The zero-order valence-corrected chi connectivity index (χ0v) is 27.4. The van der Waals surface area contributed by atoms with Gasteiger partial charge in [0.1, 0.15) is 22.8 Å². The minimum absolute atomic E-state index is 0.0376. The van der Waals surface area contributed by atoms with Gasteiger partial charge in [0.05, 0.1) is 16.8 Å². The van der Waals surface area contributed by atoms with Crippen molar-refractivity contribution >= 4 is 39.3 Å². The number of hydrogen-bond acceptors (Lipinski definition) is 7. The normalized spacial score (nSPS) is 14.1. The molecule has 3 heterocycles. The summed E-state index contributed by atoms with van der Waals surface area (Å²) in [5, 5.41) is 28.3. The Kier molecular flexibility index (Phi) is 7.08. The molecule has 0 amide bonds. The number of hydrogen-bond donors (Lipinski definition) is 2. The summed E-state index contributed by atoms with van der Waals surface area (Å²) in [5.74, 6) is 1.94. The zero-order chi connectivity index (χ0) is 33.1. The van der Waals surface area contributed by atoms with E-state index in [1.54, 1.807) is 6.08 Å². The van der Waals surface area contributed by atoms with Gasteiger partial charge in [-0.1, -0.05) is 77.9 Å². The van der Waals surface area contributed by atoms with Crippen molar-refractivity contribution in [3.63, 3.8) is 0 Å². The Hall–Kier alpha value is -5.56. The molecule has 0 unspecified atom stereocenters. The average molecular weight is 621 g/mol. The molecular weight excluding hydrogens is 584 g/mol. The van der Waals surface area contributed by atoms with Gasteiger partial charge in [-0.25, -0.2) is 0 Å². The maximum Gasteiger partial charge on any atom is 0.247 e. The highest BCUT2D eigenvalue weighted by molar-refractivity contribution is 6.28. The third-order valence-corrected chi connectivity index (χ3v) is 8.45. The smallest absolute Gasteiger partial charge is 0.247 e. The molecule has 7 heteroatoms. The number of nitrogens with zero attached hydrogens (tertiary/aromatic N) is 2. The van der Waals surface area contributed by atoms with Gasteiger partial charge in [0.2, 0.25) is 11.6 Å². The molecule has 7 nitrogen and oxygen atoms in total. The highest BCUT2D eigenvalue weighted by Gasteiger charge is 2.25. The van der Waals surface area contributed by atoms with Crippen molar-refractivity contribution in [1.29, 1.82) is 10.8 Å². The first-order chi connectivity index (χ1) is 22.3. The third-order valence-electron chi connectivity index (χ3n) is 8.45. The number of nitrogens with one attached hydrogen (secondary N) is 2. The Balaban J connectivity index is 1.30. The Morgan fingerprint density at radius 2 is 1.43 bits per heavy atom. The molecule has 4 aromatic carbocycles. The van der Waals surface area contributed by atoms with Crippen LogP contribution in [0.3, 0.4) is 0 Å². The summed E-state index contributed by atoms with van der Waals surface area (Å²) in [6.45, 7) is 12.9. The van der Waals surface area contributed by atoms with Crippen molar-refractivity contribution in [2.24, 2.45) is 0 Å². The molecule has 7 rings (SSSR count). The van der Waals surface area contributed by atoms with Crippen molar-refractivity contribution in [2.75, 3.05) is 0 Å². The lowest BCUT2D eigenvalue weighted by Gasteiger charge is -2.23. The van der Waals surface area contributed by atoms with Gasteiger partial charge >= 0.3 is 0 Å². The summed E-state index contributed by atoms with van der Waals surface area (Å²) in [4.78, 5) is 0. The van der Waals surface area contributed by atoms with Crippen LogP contribution in [0.25, 0.3) is 38.9 Å². The number of para-hydroxylation sites is 2. The first-order valence-corrected chi connectivity index (χ1v) is 15.6. The molecule has 0 bridgehead atoms. The molecule has 2 N–H and O–H groups in total. The molecule has 0 aliphatic carbocycles. The lowest BCUT2D eigenvalue weighted by molar-refractivity contribution is 0.475. The predicted octanol–water partition coefficient (Wildman–Crippen LogP) is 10.3. The summed E-state index contributed by atoms with van der Waals surface area (Å²) >= 11 is 0. The highest BCUT2D eigenvalue weighted by atomic mass is 16.5. The number of allylic oxidation sites excluding steroid dienone is 1. The predicted molar refractivity (Wildman–Crippen MR) is 188 cm³/mol. The van der Waals surface area contributed by atoms with Gasteiger partial charge in [0, 0.05) is 27.6 Å². The highest BCUT2D eigenvalue weighted by Crippen LogP contribution is 2.38. The maximum absolute atomic E-state index is 9.07. The number of rotatable bonds is 5. The van der Waals surface area contributed by atoms with E-state index in [9.17, 15) is 0 Å². The van der Waals surface area contributed by atoms with E-state index in [1.807, 2.05) is 78.9 Å². The summed E-state index contributed by atoms with van der Waals surface area (Å²) in [6.07, 6.45) is 1.70. The van der Waals surface area contributed by atoms with Crippen molar-refractivity contribution in [3.05, 3.63) is 119 Å². The topological polar surface area (TPSA) is 105 Å². The van der Waals surface area contributed by atoms with Crippen LogP contribution in [0.5, 0.6) is 17.2 Å². The fraction of sp³-hybridized carbons (Fsp3) is 0.200. The van der Waals surface area contributed by atoms with Crippen molar-refractivity contribution in [2.45, 2.75) is 52.4 Å². The number of benzene rings is 4. The Morgan fingerprint density at radius 1 is 0.745 bits per heavy atom. The quantitative estimate of drug-likeness (QED) is 0.187. The Labute approximate surface area is 273 Å². The van der Waals surface area contributed by atoms with Crippen molar-refractivity contribution in [3.8, 4) is 28.5 Å². The van der Waals surface area contributed by atoms with E-state index in [4.69, 9.17) is 24.7 Å². The van der Waals surface area contributed by atoms with E-state index in [0.717, 1.165) is 44.3 Å². The number of furan rings is 1. The summed E-state index contributed by atoms with van der Waals surface area (Å²) in [7, 11) is 0. The van der Waals surface area contributed by atoms with E-state index in [-0.39, 0.29) is 22.4 Å². The van der Waals surface area contributed by atoms with Crippen molar-refractivity contribution < 1.29 is 13.9 Å². The van der Waals surface area contributed by atoms with Crippen LogP contribution in [-0.4, -0.2) is 21.8 Å². The molecule has 0 atom stereocenters. The first kappa shape index (κ1) is 30.1. The van der Waals surface area contributed by atoms with Gasteiger partial charge in [-0.15, -0.1) is 10.2 Å². The van der Waals surface area contributed by atoms with Crippen LogP contribution >= 0.6 is 0 Å². The molecule has 234 valence electrons. The zero-order valence-electron chi connectivity index (χ0n) is 27.4. The van der Waals surface area contributed by atoms with Crippen LogP contribution < -0.4 is 9.47 Å². The minimum atomic E-state index is -0.200. The summed E-state index contributed by atoms with van der Waals surface area (Å²) in [5.41, 5.74) is 6.99. The van der Waals surface area contributed by atoms with Crippen molar-refractivity contribution in [1.82, 2.24) is 10.2 Å². The number of fused-ring (bicyclic) bond motifs is 4. The van der Waals surface area contributed by atoms with Gasteiger partial charge in [0.25, 0.3) is 0 Å². The molecular formula is C40H36N4O3. The van der Waals surface area contributed by atoms with E-state index >= 15 is 0 Å². The van der Waals surface area contributed by atoms with Gasteiger partial charge < -0.3 is 19.3 Å². The monoisotopic (exact) mass is 620 g/mol. The number of aromatic nitrogens is 2. The van der Waals surface area contributed by atoms with E-state index in [2.05, 4.69) is 63.9 Å². The summed E-state index contributed by atoms with van der Waals surface area (Å²) in [6, 6.07) is 29.6. The van der Waals surface area contributed by atoms with Crippen LogP contribution in [-0.2, 0) is 10.8 Å². The molecule has 1 aliphatic rings. The van der Waals surface area contributed by atoms with Gasteiger partial charge in [-0.2, -0.15) is 0 Å². The molecule has 6 aromatic rings. The van der Waals surface area contributed by atoms with Crippen LogP contribution in [0.4, 0.5) is 0 Å². The lowest BCUT2D eigenvalue weighted by atomic mass is 9.85. The standard InChI is InChI=1S/C40H36N4O3/c1-39(2,3)25-15-23(33(41)21-31-29-11-7-9-13-35(29)46-37(31)42)17-27(19-25)45-28-18-24(16-26(20-28)40(4,5)6)34-22-32-30-12-8-10-14-36(30)47-38(32)44-43-34/h7-22,41-42H,1-6H3/b31-21-,41-33?,42-37?. The largest absolute Gasteiger partial charge is 0.457 e. The molecule has 47 heavy (non-hydrogen) atoms. The van der Waals surface area contributed by atoms with Gasteiger partial charge in [0.15, 0.2) is 0 Å². The SMILES string of the molecule is CC(C)(C)c1cc(Oc2cc(-c3cc4c(nn3)oc3ccccc34)cc(C(C)(C)C)c2)cc(C(=N)/C=C2\C(=N)Oc3ccccc32)c1. The molecule has 2 aromatic heterocycles. The fourth-order valence-corrected chi connectivity index (χ4v) is 5.73.